The summed E-state index contributed by atoms with van der Waals surface area (Å²) in [6, 6.07) is 46.4. The van der Waals surface area contributed by atoms with E-state index in [1.165, 1.54) is 4.90 Å². The summed E-state index contributed by atoms with van der Waals surface area (Å²) < 4.78 is 5.99. The largest absolute Gasteiger partial charge is 0.416 e. The smallest absolute Gasteiger partial charge is 0.265 e. The normalized spacial score (nSPS) is 15.6. The molecular formula is C41H27N5O3. The van der Waals surface area contributed by atoms with Gasteiger partial charge in [0.2, 0.25) is 11.8 Å². The predicted molar refractivity (Wildman–Crippen MR) is 190 cm³/mol. The van der Waals surface area contributed by atoms with Crippen LogP contribution in [0.2, 0.25) is 0 Å². The molecular weight excluding hydrogens is 610 g/mol. The Morgan fingerprint density at radius 2 is 1.14 bits per heavy atom. The van der Waals surface area contributed by atoms with Gasteiger partial charge in [-0.2, -0.15) is 5.10 Å². The Balaban J connectivity index is 1.09. The number of aromatic nitrogens is 2. The van der Waals surface area contributed by atoms with Crippen molar-refractivity contribution in [2.24, 2.45) is 5.10 Å². The van der Waals surface area contributed by atoms with Crippen molar-refractivity contribution in [3.63, 3.8) is 0 Å². The van der Waals surface area contributed by atoms with Gasteiger partial charge in [-0.25, -0.2) is 4.90 Å². The Bertz CT molecular complexity index is 2380. The summed E-state index contributed by atoms with van der Waals surface area (Å²) in [6.45, 7) is 0. The van der Waals surface area contributed by atoms with Crippen LogP contribution in [0.4, 0.5) is 11.4 Å². The van der Waals surface area contributed by atoms with E-state index in [2.05, 4.69) is 22.3 Å². The monoisotopic (exact) mass is 637 g/mol. The number of imide groups is 1. The van der Waals surface area contributed by atoms with Crippen LogP contribution in [-0.4, -0.2) is 27.7 Å². The minimum atomic E-state index is -0.333. The number of amides is 2. The van der Waals surface area contributed by atoms with Crippen molar-refractivity contribution in [1.29, 1.82) is 0 Å². The van der Waals surface area contributed by atoms with E-state index < -0.39 is 0 Å². The molecule has 2 aliphatic heterocycles. The highest BCUT2D eigenvalue weighted by molar-refractivity contribution is 6.36. The highest BCUT2D eigenvalue weighted by atomic mass is 16.4. The first-order valence-electron chi connectivity index (χ1n) is 16.0. The molecule has 234 valence electrons. The number of hydrogen-bond acceptors (Lipinski definition) is 7. The summed E-state index contributed by atoms with van der Waals surface area (Å²) in [7, 11) is 0. The van der Waals surface area contributed by atoms with E-state index in [4.69, 9.17) is 9.52 Å². The average molecular weight is 638 g/mol. The lowest BCUT2D eigenvalue weighted by molar-refractivity contribution is 0.0893. The van der Waals surface area contributed by atoms with Crippen LogP contribution in [0.5, 0.6) is 0 Å². The molecule has 0 aliphatic carbocycles. The lowest BCUT2D eigenvalue weighted by atomic mass is 9.88. The van der Waals surface area contributed by atoms with Crippen molar-refractivity contribution < 1.29 is 14.0 Å². The number of para-hydroxylation sites is 1. The number of benzene rings is 6. The van der Waals surface area contributed by atoms with Crippen LogP contribution in [0.25, 0.3) is 33.7 Å². The molecule has 0 fully saturated rings. The van der Waals surface area contributed by atoms with Gasteiger partial charge in [0.25, 0.3) is 11.8 Å². The SMILES string of the molecule is O=C1c2cccc3c(C4=NN(c5ccc(-c6nnc(-c7ccccc7)o6)cc5)C(c5ccccc5)C4)ccc(c23)C(=O)N1c1ccccc1. The molecule has 1 unspecified atom stereocenters. The van der Waals surface area contributed by atoms with Gasteiger partial charge in [0, 0.05) is 39.6 Å². The Hall–Kier alpha value is -6.67. The van der Waals surface area contributed by atoms with Crippen molar-refractivity contribution in [2.45, 2.75) is 12.5 Å². The summed E-state index contributed by atoms with van der Waals surface area (Å²) >= 11 is 0. The van der Waals surface area contributed by atoms with Gasteiger partial charge < -0.3 is 4.42 Å². The Labute approximate surface area is 281 Å². The van der Waals surface area contributed by atoms with Gasteiger partial charge in [-0.05, 0) is 71.6 Å². The highest BCUT2D eigenvalue weighted by Gasteiger charge is 2.36. The number of hydrazone groups is 1. The molecule has 8 heteroatoms. The van der Waals surface area contributed by atoms with Crippen LogP contribution >= 0.6 is 0 Å². The van der Waals surface area contributed by atoms with E-state index in [1.54, 1.807) is 18.2 Å². The lowest BCUT2D eigenvalue weighted by Crippen LogP contribution is -2.40. The van der Waals surface area contributed by atoms with Gasteiger partial charge in [-0.3, -0.25) is 14.6 Å². The standard InChI is InChI=1S/C41H27N5O3/c47-40-33-18-10-17-32-31(23-24-34(37(32)33)41(48)45(40)29-15-8-3-9-16-29)35-25-36(26-11-4-1-5-12-26)46(44-35)30-21-19-28(20-22-30)39-43-42-38(49-39)27-13-6-2-7-14-27/h1-24,36H,25H2. The fourth-order valence-corrected chi connectivity index (χ4v) is 6.80. The molecule has 0 saturated carbocycles. The third-order valence-corrected chi connectivity index (χ3v) is 9.15. The zero-order chi connectivity index (χ0) is 32.9. The quantitative estimate of drug-likeness (QED) is 0.169. The van der Waals surface area contributed by atoms with Gasteiger partial charge >= 0.3 is 0 Å². The van der Waals surface area contributed by atoms with Crippen molar-refractivity contribution in [3.8, 4) is 22.9 Å². The number of carbonyl (C=O) groups excluding carboxylic acids is 2. The molecule has 1 atom stereocenters. The predicted octanol–water partition coefficient (Wildman–Crippen LogP) is 8.71. The van der Waals surface area contributed by atoms with Crippen LogP contribution in [0, 0.1) is 0 Å². The van der Waals surface area contributed by atoms with Gasteiger partial charge in [-0.1, -0.05) is 84.9 Å². The number of hydrogen-bond donors (Lipinski definition) is 0. The summed E-state index contributed by atoms with van der Waals surface area (Å²) in [4.78, 5) is 28.8. The second-order valence-electron chi connectivity index (χ2n) is 12.0. The van der Waals surface area contributed by atoms with E-state index in [9.17, 15) is 9.59 Å². The molecule has 0 N–H and O–H groups in total. The maximum Gasteiger partial charge on any atom is 0.265 e. The zero-order valence-electron chi connectivity index (χ0n) is 26.1. The van der Waals surface area contributed by atoms with Crippen LogP contribution in [0.15, 0.2) is 155 Å². The molecule has 49 heavy (non-hydrogen) atoms. The van der Waals surface area contributed by atoms with Crippen LogP contribution in [0.3, 0.4) is 0 Å². The first kappa shape index (κ1) is 28.5. The van der Waals surface area contributed by atoms with Gasteiger partial charge in [0.1, 0.15) is 0 Å². The Kier molecular flexibility index (Phi) is 6.72. The zero-order valence-corrected chi connectivity index (χ0v) is 26.1. The summed E-state index contributed by atoms with van der Waals surface area (Å²) in [6.07, 6.45) is 0.632. The molecule has 9 rings (SSSR count). The van der Waals surface area contributed by atoms with E-state index >= 15 is 0 Å². The van der Waals surface area contributed by atoms with Gasteiger partial charge in [0.15, 0.2) is 0 Å². The Morgan fingerprint density at radius 1 is 0.551 bits per heavy atom. The van der Waals surface area contributed by atoms with Crippen LogP contribution in [-0.2, 0) is 0 Å². The first-order valence-corrected chi connectivity index (χ1v) is 16.0. The summed E-state index contributed by atoms with van der Waals surface area (Å²) in [5.74, 6) is 0.242. The van der Waals surface area contributed by atoms with Crippen molar-refractivity contribution in [3.05, 3.63) is 168 Å². The molecule has 1 aromatic heterocycles. The van der Waals surface area contributed by atoms with Crippen LogP contribution in [0.1, 0.15) is 44.3 Å². The summed E-state index contributed by atoms with van der Waals surface area (Å²) in [5, 5.41) is 17.3. The number of carbonyl (C=O) groups is 2. The molecule has 0 radical (unpaired) electrons. The molecule has 2 aliphatic rings. The Morgan fingerprint density at radius 3 is 1.84 bits per heavy atom. The highest BCUT2D eigenvalue weighted by Crippen LogP contribution is 2.40. The van der Waals surface area contributed by atoms with Crippen molar-refractivity contribution in [1.82, 2.24) is 10.2 Å². The number of nitrogens with zero attached hydrogens (tertiary/aromatic N) is 5. The van der Waals surface area contributed by atoms with E-state index in [-0.39, 0.29) is 17.9 Å². The van der Waals surface area contributed by atoms with Gasteiger partial charge in [0.05, 0.1) is 23.1 Å². The second kappa shape index (κ2) is 11.5. The maximum absolute atomic E-state index is 13.8. The molecule has 2 amide bonds. The molecule has 0 bridgehead atoms. The topological polar surface area (TPSA) is 91.9 Å². The molecule has 0 spiro atoms. The minimum absolute atomic E-state index is 0.0715. The molecule has 3 heterocycles. The molecule has 7 aromatic rings. The van der Waals surface area contributed by atoms with Crippen LogP contribution < -0.4 is 9.91 Å². The van der Waals surface area contributed by atoms with E-state index in [0.29, 0.717) is 40.4 Å². The fourth-order valence-electron chi connectivity index (χ4n) is 6.80. The van der Waals surface area contributed by atoms with Crippen molar-refractivity contribution >= 4 is 39.7 Å². The van der Waals surface area contributed by atoms with Gasteiger partial charge in [-0.15, -0.1) is 10.2 Å². The van der Waals surface area contributed by atoms with Crippen molar-refractivity contribution in [2.75, 3.05) is 9.91 Å². The minimum Gasteiger partial charge on any atom is -0.416 e. The molecule has 0 saturated heterocycles. The fraction of sp³-hybridized carbons (Fsp3) is 0.0488. The van der Waals surface area contributed by atoms with E-state index in [1.807, 2.05) is 120 Å². The molecule has 6 aromatic carbocycles. The average Bonchev–Trinajstić information content (AvgIpc) is 3.84. The number of anilines is 2. The maximum atomic E-state index is 13.8. The second-order valence-corrected chi connectivity index (χ2v) is 12.0. The summed E-state index contributed by atoms with van der Waals surface area (Å²) in [5.41, 5.74) is 7.02. The third-order valence-electron chi connectivity index (χ3n) is 9.15. The number of rotatable bonds is 6. The van der Waals surface area contributed by atoms with E-state index in [0.717, 1.165) is 39.0 Å². The lowest BCUT2D eigenvalue weighted by Gasteiger charge is -2.27. The molecule has 8 nitrogen and oxygen atoms in total. The first-order chi connectivity index (χ1) is 24.1. The third kappa shape index (κ3) is 4.81.